The van der Waals surface area contributed by atoms with Gasteiger partial charge in [0.05, 0.1) is 0 Å². The van der Waals surface area contributed by atoms with Gasteiger partial charge in [-0.05, 0) is 25.5 Å². The largest absolute Gasteiger partial charge is 0.507 e. The highest BCUT2D eigenvalue weighted by Gasteiger charge is 2.11. The zero-order valence-electron chi connectivity index (χ0n) is 11.2. The molecular weight excluding hydrogens is 241 g/mol. The van der Waals surface area contributed by atoms with E-state index in [1.807, 2.05) is 38.1 Å². The molecule has 0 fully saturated rings. The van der Waals surface area contributed by atoms with E-state index in [9.17, 15) is 9.50 Å². The molecule has 0 bridgehead atoms. The molecule has 2 aromatic carbocycles. The highest BCUT2D eigenvalue weighted by molar-refractivity contribution is 5.39. The summed E-state index contributed by atoms with van der Waals surface area (Å²) in [6.45, 7) is 4.27. The molecule has 0 spiro atoms. The molecular formula is C16H18FNO. The summed E-state index contributed by atoms with van der Waals surface area (Å²) in [7, 11) is 0. The molecule has 3 heteroatoms. The van der Waals surface area contributed by atoms with Crippen LogP contribution in [0.5, 0.6) is 5.75 Å². The Morgan fingerprint density at radius 3 is 2.63 bits per heavy atom. The van der Waals surface area contributed by atoms with Gasteiger partial charge in [0.1, 0.15) is 11.6 Å². The number of phenols is 1. The molecule has 1 atom stereocenters. The summed E-state index contributed by atoms with van der Waals surface area (Å²) in [4.78, 5) is 0. The van der Waals surface area contributed by atoms with Crippen LogP contribution in [-0.4, -0.2) is 5.11 Å². The van der Waals surface area contributed by atoms with E-state index in [2.05, 4.69) is 5.32 Å². The van der Waals surface area contributed by atoms with E-state index in [0.29, 0.717) is 17.9 Å². The molecule has 0 aromatic heterocycles. The van der Waals surface area contributed by atoms with E-state index < -0.39 is 0 Å². The van der Waals surface area contributed by atoms with Gasteiger partial charge in [-0.3, -0.25) is 0 Å². The maximum Gasteiger partial charge on any atom is 0.127 e. The first-order valence-corrected chi connectivity index (χ1v) is 6.35. The lowest BCUT2D eigenvalue weighted by Gasteiger charge is -2.16. The van der Waals surface area contributed by atoms with Crippen LogP contribution in [0.3, 0.4) is 0 Å². The molecule has 100 valence electrons. The van der Waals surface area contributed by atoms with Crippen molar-refractivity contribution in [2.24, 2.45) is 0 Å². The second kappa shape index (κ2) is 5.85. The highest BCUT2D eigenvalue weighted by atomic mass is 19.1. The SMILES string of the molecule is Cc1cccc(CN[C@H](C)c2ccccc2F)c1O. The summed E-state index contributed by atoms with van der Waals surface area (Å²) in [6, 6.07) is 12.2. The Balaban J connectivity index is 2.07. The van der Waals surface area contributed by atoms with Crippen LogP contribution in [0.2, 0.25) is 0 Å². The van der Waals surface area contributed by atoms with Gasteiger partial charge in [-0.2, -0.15) is 0 Å². The molecule has 0 heterocycles. The number of phenolic OH excluding ortho intramolecular Hbond substituents is 1. The Morgan fingerprint density at radius 1 is 1.16 bits per heavy atom. The third kappa shape index (κ3) is 3.12. The Labute approximate surface area is 112 Å². The van der Waals surface area contributed by atoms with Crippen LogP contribution < -0.4 is 5.32 Å². The number of para-hydroxylation sites is 1. The van der Waals surface area contributed by atoms with Gasteiger partial charge < -0.3 is 10.4 Å². The van der Waals surface area contributed by atoms with E-state index in [0.717, 1.165) is 11.1 Å². The Morgan fingerprint density at radius 2 is 1.89 bits per heavy atom. The minimum Gasteiger partial charge on any atom is -0.507 e. The van der Waals surface area contributed by atoms with Crippen molar-refractivity contribution in [2.45, 2.75) is 26.4 Å². The van der Waals surface area contributed by atoms with Crippen LogP contribution >= 0.6 is 0 Å². The molecule has 2 nitrogen and oxygen atoms in total. The maximum atomic E-state index is 13.6. The zero-order valence-corrected chi connectivity index (χ0v) is 11.2. The molecule has 2 rings (SSSR count). The number of aryl methyl sites for hydroxylation is 1. The molecule has 0 aliphatic heterocycles. The molecule has 0 radical (unpaired) electrons. The van der Waals surface area contributed by atoms with Crippen molar-refractivity contribution in [2.75, 3.05) is 0 Å². The molecule has 0 aliphatic rings. The lowest BCUT2D eigenvalue weighted by Crippen LogP contribution is -2.19. The molecule has 2 aromatic rings. The van der Waals surface area contributed by atoms with E-state index >= 15 is 0 Å². The maximum absolute atomic E-state index is 13.6. The van der Waals surface area contributed by atoms with Gasteiger partial charge in [-0.15, -0.1) is 0 Å². The summed E-state index contributed by atoms with van der Waals surface area (Å²) in [6.07, 6.45) is 0. The first-order valence-electron chi connectivity index (χ1n) is 6.35. The van der Waals surface area contributed by atoms with Crippen molar-refractivity contribution in [3.8, 4) is 5.75 Å². The highest BCUT2D eigenvalue weighted by Crippen LogP contribution is 2.23. The van der Waals surface area contributed by atoms with Crippen LogP contribution in [0, 0.1) is 12.7 Å². The molecule has 0 saturated carbocycles. The Kier molecular flexibility index (Phi) is 4.17. The fraction of sp³-hybridized carbons (Fsp3) is 0.250. The van der Waals surface area contributed by atoms with E-state index in [4.69, 9.17) is 0 Å². The van der Waals surface area contributed by atoms with E-state index in [1.165, 1.54) is 6.07 Å². The van der Waals surface area contributed by atoms with Crippen molar-refractivity contribution in [3.05, 3.63) is 65.0 Å². The number of nitrogens with one attached hydrogen (secondary N) is 1. The number of hydrogen-bond donors (Lipinski definition) is 2. The number of rotatable bonds is 4. The number of aromatic hydroxyl groups is 1. The third-order valence-corrected chi connectivity index (χ3v) is 3.29. The van der Waals surface area contributed by atoms with Gasteiger partial charge in [0.2, 0.25) is 0 Å². The van der Waals surface area contributed by atoms with Gasteiger partial charge in [0, 0.05) is 23.7 Å². The van der Waals surface area contributed by atoms with Crippen molar-refractivity contribution in [3.63, 3.8) is 0 Å². The minimum atomic E-state index is -0.212. The Bertz CT molecular complexity index is 568. The first-order chi connectivity index (χ1) is 9.09. The predicted octanol–water partition coefficient (Wildman–Crippen LogP) is 3.69. The van der Waals surface area contributed by atoms with Crippen molar-refractivity contribution in [1.29, 1.82) is 0 Å². The average molecular weight is 259 g/mol. The van der Waals surface area contributed by atoms with Gasteiger partial charge >= 0.3 is 0 Å². The molecule has 2 N–H and O–H groups in total. The van der Waals surface area contributed by atoms with Gasteiger partial charge in [0.25, 0.3) is 0 Å². The topological polar surface area (TPSA) is 32.3 Å². The van der Waals surface area contributed by atoms with Crippen LogP contribution in [0.25, 0.3) is 0 Å². The normalized spacial score (nSPS) is 12.4. The second-order valence-corrected chi connectivity index (χ2v) is 4.71. The third-order valence-electron chi connectivity index (χ3n) is 3.29. The monoisotopic (exact) mass is 259 g/mol. The quantitative estimate of drug-likeness (QED) is 0.877. The lowest BCUT2D eigenvalue weighted by atomic mass is 10.1. The van der Waals surface area contributed by atoms with Crippen molar-refractivity contribution >= 4 is 0 Å². The molecule has 0 unspecified atom stereocenters. The minimum absolute atomic E-state index is 0.110. The number of hydrogen-bond acceptors (Lipinski definition) is 2. The summed E-state index contributed by atoms with van der Waals surface area (Å²) < 4.78 is 13.6. The Hall–Kier alpha value is -1.87. The molecule has 0 aliphatic carbocycles. The van der Waals surface area contributed by atoms with Crippen LogP contribution in [0.15, 0.2) is 42.5 Å². The standard InChI is InChI=1S/C16H18FNO/c1-11-6-5-7-13(16(11)19)10-18-12(2)14-8-3-4-9-15(14)17/h3-9,12,18-19H,10H2,1-2H3/t12-/m1/s1. The fourth-order valence-electron chi connectivity index (χ4n) is 2.06. The zero-order chi connectivity index (χ0) is 13.8. The predicted molar refractivity (Wildman–Crippen MR) is 74.5 cm³/mol. The van der Waals surface area contributed by atoms with E-state index in [1.54, 1.807) is 12.1 Å². The lowest BCUT2D eigenvalue weighted by molar-refractivity contribution is 0.454. The van der Waals surface area contributed by atoms with Crippen LogP contribution in [0.4, 0.5) is 4.39 Å². The fourth-order valence-corrected chi connectivity index (χ4v) is 2.06. The second-order valence-electron chi connectivity index (χ2n) is 4.71. The summed E-state index contributed by atoms with van der Waals surface area (Å²) in [5, 5.41) is 13.1. The number of halogens is 1. The summed E-state index contributed by atoms with van der Waals surface area (Å²) >= 11 is 0. The average Bonchev–Trinajstić information content (AvgIpc) is 2.40. The van der Waals surface area contributed by atoms with Crippen molar-refractivity contribution < 1.29 is 9.50 Å². The molecule has 19 heavy (non-hydrogen) atoms. The smallest absolute Gasteiger partial charge is 0.127 e. The number of benzene rings is 2. The van der Waals surface area contributed by atoms with Gasteiger partial charge in [-0.1, -0.05) is 36.4 Å². The van der Waals surface area contributed by atoms with Crippen LogP contribution in [0.1, 0.15) is 29.7 Å². The van der Waals surface area contributed by atoms with Gasteiger partial charge in [-0.25, -0.2) is 4.39 Å². The molecule has 0 amide bonds. The van der Waals surface area contributed by atoms with Crippen LogP contribution in [-0.2, 0) is 6.54 Å². The summed E-state index contributed by atoms with van der Waals surface area (Å²) in [5.41, 5.74) is 2.30. The summed E-state index contributed by atoms with van der Waals surface area (Å²) in [5.74, 6) is 0.0895. The first kappa shape index (κ1) is 13.6. The van der Waals surface area contributed by atoms with Gasteiger partial charge in [0.15, 0.2) is 0 Å². The molecule has 0 saturated heterocycles. The van der Waals surface area contributed by atoms with Crippen molar-refractivity contribution in [1.82, 2.24) is 5.32 Å². The van der Waals surface area contributed by atoms with E-state index in [-0.39, 0.29) is 11.9 Å².